The first-order chi connectivity index (χ1) is 9.13. The van der Waals surface area contributed by atoms with Crippen LogP contribution in [0.3, 0.4) is 0 Å². The Bertz CT molecular complexity index is 634. The number of halogens is 5. The molecule has 0 saturated carbocycles. The van der Waals surface area contributed by atoms with Gasteiger partial charge in [-0.1, -0.05) is 17.7 Å². The molecule has 0 aliphatic rings. The van der Waals surface area contributed by atoms with Gasteiger partial charge in [-0.3, -0.25) is 0 Å². The van der Waals surface area contributed by atoms with Crippen molar-refractivity contribution >= 4 is 11.6 Å². The van der Waals surface area contributed by atoms with Crippen LogP contribution < -0.4 is 0 Å². The zero-order chi connectivity index (χ0) is 15.1. The number of benzene rings is 1. The molecule has 0 amide bonds. The Hall–Kier alpha value is -1.63. The average molecular weight is 308 g/mol. The summed E-state index contributed by atoms with van der Waals surface area (Å²) in [5.74, 6) is -5.96. The Morgan fingerprint density at radius 1 is 1.15 bits per heavy atom. The van der Waals surface area contributed by atoms with Crippen molar-refractivity contribution < 1.29 is 17.6 Å². The van der Waals surface area contributed by atoms with E-state index in [-0.39, 0.29) is 0 Å². The van der Waals surface area contributed by atoms with Crippen LogP contribution in [0.4, 0.5) is 17.6 Å². The maximum atomic E-state index is 13.3. The number of alkyl halides is 5. The van der Waals surface area contributed by atoms with Crippen LogP contribution in [0, 0.1) is 13.8 Å². The SMILES string of the molecule is Cc1ccc(-n2cnc(C(F)(F)C(F)(F)Cl)n2)c(C)c1. The van der Waals surface area contributed by atoms with Crippen LogP contribution in [-0.2, 0) is 5.92 Å². The first-order valence-electron chi connectivity index (χ1n) is 5.57. The molecule has 3 nitrogen and oxygen atoms in total. The van der Waals surface area contributed by atoms with E-state index >= 15 is 0 Å². The molecule has 2 aromatic rings. The van der Waals surface area contributed by atoms with E-state index in [1.54, 1.807) is 19.1 Å². The third kappa shape index (κ3) is 2.49. The van der Waals surface area contributed by atoms with E-state index in [0.717, 1.165) is 22.1 Å². The van der Waals surface area contributed by atoms with Crippen molar-refractivity contribution in [2.75, 3.05) is 0 Å². The van der Waals surface area contributed by atoms with Gasteiger partial charge >= 0.3 is 11.3 Å². The second-order valence-corrected chi connectivity index (χ2v) is 4.85. The molecule has 0 fully saturated rings. The standard InChI is InChI=1S/C12H10ClF4N3/c1-7-3-4-9(8(2)5-7)20-6-18-10(19-20)11(14,15)12(13,16)17/h3-6H,1-2H3. The summed E-state index contributed by atoms with van der Waals surface area (Å²) in [5, 5.41) is -1.35. The molecule has 20 heavy (non-hydrogen) atoms. The number of hydrogen-bond acceptors (Lipinski definition) is 2. The van der Waals surface area contributed by atoms with E-state index in [4.69, 9.17) is 0 Å². The lowest BCUT2D eigenvalue weighted by atomic mass is 10.1. The predicted molar refractivity (Wildman–Crippen MR) is 65.5 cm³/mol. The molecular formula is C12H10ClF4N3. The molecule has 0 bridgehead atoms. The maximum absolute atomic E-state index is 13.3. The highest BCUT2D eigenvalue weighted by atomic mass is 35.5. The number of hydrogen-bond donors (Lipinski definition) is 0. The molecule has 0 unspecified atom stereocenters. The monoisotopic (exact) mass is 307 g/mol. The Balaban J connectivity index is 2.44. The van der Waals surface area contributed by atoms with Crippen LogP contribution in [0.25, 0.3) is 5.69 Å². The van der Waals surface area contributed by atoms with Gasteiger partial charge in [0.2, 0.25) is 5.82 Å². The molecule has 0 saturated heterocycles. The first kappa shape index (κ1) is 14.8. The van der Waals surface area contributed by atoms with Crippen molar-refractivity contribution in [3.05, 3.63) is 41.5 Å². The molecule has 1 aromatic carbocycles. The Morgan fingerprint density at radius 2 is 1.80 bits per heavy atom. The van der Waals surface area contributed by atoms with Crippen LogP contribution in [0.5, 0.6) is 0 Å². The lowest BCUT2D eigenvalue weighted by Gasteiger charge is -2.17. The van der Waals surface area contributed by atoms with Gasteiger partial charge in [0.15, 0.2) is 0 Å². The number of nitrogens with zero attached hydrogens (tertiary/aromatic N) is 3. The summed E-state index contributed by atoms with van der Waals surface area (Å²) < 4.78 is 53.0. The fourth-order valence-corrected chi connectivity index (χ4v) is 1.80. The van der Waals surface area contributed by atoms with Gasteiger partial charge in [0.05, 0.1) is 5.69 Å². The molecule has 0 aliphatic heterocycles. The second kappa shape index (κ2) is 4.73. The lowest BCUT2D eigenvalue weighted by Crippen LogP contribution is -2.34. The molecule has 108 valence electrons. The molecule has 8 heteroatoms. The van der Waals surface area contributed by atoms with Gasteiger partial charge < -0.3 is 0 Å². The third-order valence-corrected chi connectivity index (χ3v) is 2.97. The smallest absolute Gasteiger partial charge is 0.220 e. The molecule has 0 radical (unpaired) electrons. The largest absolute Gasteiger partial charge is 0.391 e. The molecule has 0 atom stereocenters. The van der Waals surface area contributed by atoms with E-state index < -0.39 is 17.1 Å². The summed E-state index contributed by atoms with van der Waals surface area (Å²) >= 11 is 4.39. The van der Waals surface area contributed by atoms with Crippen LogP contribution in [0.15, 0.2) is 24.5 Å². The summed E-state index contributed by atoms with van der Waals surface area (Å²) in [4.78, 5) is 3.23. The number of rotatable bonds is 3. The summed E-state index contributed by atoms with van der Waals surface area (Å²) in [5.41, 5.74) is 2.20. The van der Waals surface area contributed by atoms with Crippen LogP contribution in [0.1, 0.15) is 17.0 Å². The van der Waals surface area contributed by atoms with Crippen LogP contribution >= 0.6 is 11.6 Å². The fraction of sp³-hybridized carbons (Fsp3) is 0.333. The molecule has 0 spiro atoms. The predicted octanol–water partition coefficient (Wildman–Crippen LogP) is 3.81. The van der Waals surface area contributed by atoms with Crippen LogP contribution in [0.2, 0.25) is 0 Å². The Kier molecular flexibility index (Phi) is 3.49. The zero-order valence-electron chi connectivity index (χ0n) is 10.5. The molecular weight excluding hydrogens is 298 g/mol. The molecule has 0 N–H and O–H groups in total. The van der Waals surface area contributed by atoms with E-state index in [9.17, 15) is 17.6 Å². The van der Waals surface area contributed by atoms with E-state index in [1.165, 1.54) is 0 Å². The zero-order valence-corrected chi connectivity index (χ0v) is 11.3. The van der Waals surface area contributed by atoms with Crippen molar-refractivity contribution in [3.8, 4) is 5.69 Å². The van der Waals surface area contributed by atoms with Crippen molar-refractivity contribution in [3.63, 3.8) is 0 Å². The average Bonchev–Trinajstić information content (AvgIpc) is 2.77. The molecule has 1 heterocycles. The minimum Gasteiger partial charge on any atom is -0.220 e. The van der Waals surface area contributed by atoms with Crippen molar-refractivity contribution in [1.82, 2.24) is 14.8 Å². The summed E-state index contributed by atoms with van der Waals surface area (Å²) in [6, 6.07) is 5.20. The molecule has 2 rings (SSSR count). The topological polar surface area (TPSA) is 30.7 Å². The summed E-state index contributed by atoms with van der Waals surface area (Å²) in [6.45, 7) is 3.61. The van der Waals surface area contributed by atoms with E-state index in [2.05, 4.69) is 21.7 Å². The van der Waals surface area contributed by atoms with Gasteiger partial charge in [-0.15, -0.1) is 5.10 Å². The van der Waals surface area contributed by atoms with Gasteiger partial charge in [-0.05, 0) is 37.1 Å². The highest BCUT2D eigenvalue weighted by Crippen LogP contribution is 2.44. The number of aryl methyl sites for hydroxylation is 2. The summed E-state index contributed by atoms with van der Waals surface area (Å²) in [6.07, 6.45) is 0.948. The highest BCUT2D eigenvalue weighted by molar-refractivity contribution is 6.22. The first-order valence-corrected chi connectivity index (χ1v) is 5.95. The van der Waals surface area contributed by atoms with Gasteiger partial charge in [0.1, 0.15) is 6.33 Å². The van der Waals surface area contributed by atoms with Gasteiger partial charge in [0, 0.05) is 0 Å². The fourth-order valence-electron chi connectivity index (χ4n) is 1.71. The highest BCUT2D eigenvalue weighted by Gasteiger charge is 2.59. The molecule has 1 aromatic heterocycles. The van der Waals surface area contributed by atoms with Crippen molar-refractivity contribution in [1.29, 1.82) is 0 Å². The van der Waals surface area contributed by atoms with E-state index in [0.29, 0.717) is 5.69 Å². The van der Waals surface area contributed by atoms with Gasteiger partial charge in [0.25, 0.3) is 0 Å². The quantitative estimate of drug-likeness (QED) is 0.638. The number of aromatic nitrogens is 3. The van der Waals surface area contributed by atoms with E-state index in [1.807, 2.05) is 13.0 Å². The molecule has 0 aliphatic carbocycles. The van der Waals surface area contributed by atoms with Gasteiger partial charge in [-0.2, -0.15) is 17.6 Å². The lowest BCUT2D eigenvalue weighted by molar-refractivity contribution is -0.169. The van der Waals surface area contributed by atoms with Crippen molar-refractivity contribution in [2.24, 2.45) is 0 Å². The maximum Gasteiger partial charge on any atom is 0.391 e. The second-order valence-electron chi connectivity index (χ2n) is 4.37. The summed E-state index contributed by atoms with van der Waals surface area (Å²) in [7, 11) is 0. The third-order valence-electron chi connectivity index (χ3n) is 2.73. The van der Waals surface area contributed by atoms with Crippen molar-refractivity contribution in [2.45, 2.75) is 25.2 Å². The Morgan fingerprint density at radius 3 is 2.35 bits per heavy atom. The van der Waals surface area contributed by atoms with Gasteiger partial charge in [-0.25, -0.2) is 9.67 Å². The Labute approximate surface area is 117 Å². The minimum absolute atomic E-state index is 0.475. The minimum atomic E-state index is -4.75. The normalized spacial score (nSPS) is 12.8. The van der Waals surface area contributed by atoms with Crippen LogP contribution in [-0.4, -0.2) is 20.1 Å².